The molecule has 16 heavy (non-hydrogen) atoms. The van der Waals surface area contributed by atoms with Gasteiger partial charge in [-0.15, -0.1) is 12.4 Å². The van der Waals surface area contributed by atoms with E-state index < -0.39 is 0 Å². The Bertz CT molecular complexity index is 314. The second kappa shape index (κ2) is 7.96. The van der Waals surface area contributed by atoms with Gasteiger partial charge in [0.15, 0.2) is 0 Å². The Labute approximate surface area is 101 Å². The van der Waals surface area contributed by atoms with Crippen molar-refractivity contribution in [2.24, 2.45) is 5.73 Å². The quantitative estimate of drug-likeness (QED) is 0.683. The fourth-order valence-corrected chi connectivity index (χ4v) is 1.19. The number of phenolic OH excluding ortho intramolecular Hbond substituents is 1. The average molecular weight is 245 g/mol. The lowest BCUT2D eigenvalue weighted by Gasteiger charge is -2.04. The Morgan fingerprint density at radius 3 is 2.44 bits per heavy atom. The van der Waals surface area contributed by atoms with Gasteiger partial charge in [-0.25, -0.2) is 0 Å². The molecule has 0 spiro atoms. The van der Waals surface area contributed by atoms with Gasteiger partial charge in [-0.3, -0.25) is 4.79 Å². The molecular weight excluding hydrogens is 228 g/mol. The SMILES string of the molecule is Cl.NCCCCNC(=O)c1ccc(O)cc1. The maximum absolute atomic E-state index is 11.5. The maximum atomic E-state index is 11.5. The molecule has 0 aliphatic heterocycles. The summed E-state index contributed by atoms with van der Waals surface area (Å²) < 4.78 is 0. The molecule has 0 saturated carbocycles. The minimum atomic E-state index is -0.118. The lowest BCUT2D eigenvalue weighted by Crippen LogP contribution is -2.24. The van der Waals surface area contributed by atoms with Gasteiger partial charge in [0.2, 0.25) is 0 Å². The monoisotopic (exact) mass is 244 g/mol. The van der Waals surface area contributed by atoms with Crippen molar-refractivity contribution >= 4 is 18.3 Å². The van der Waals surface area contributed by atoms with Crippen LogP contribution in [0.15, 0.2) is 24.3 Å². The van der Waals surface area contributed by atoms with E-state index in [1.165, 1.54) is 12.1 Å². The van der Waals surface area contributed by atoms with Crippen molar-refractivity contribution < 1.29 is 9.90 Å². The van der Waals surface area contributed by atoms with Crippen LogP contribution in [0.2, 0.25) is 0 Å². The number of hydrogen-bond donors (Lipinski definition) is 3. The molecule has 1 aromatic carbocycles. The number of benzene rings is 1. The molecule has 0 radical (unpaired) electrons. The molecule has 0 aliphatic rings. The van der Waals surface area contributed by atoms with Gasteiger partial charge in [-0.2, -0.15) is 0 Å². The van der Waals surface area contributed by atoms with Gasteiger partial charge in [-0.05, 0) is 43.7 Å². The lowest BCUT2D eigenvalue weighted by molar-refractivity contribution is 0.0953. The van der Waals surface area contributed by atoms with Gasteiger partial charge in [0.05, 0.1) is 0 Å². The van der Waals surface area contributed by atoms with E-state index in [1.807, 2.05) is 0 Å². The van der Waals surface area contributed by atoms with Gasteiger partial charge in [0.25, 0.3) is 5.91 Å². The summed E-state index contributed by atoms with van der Waals surface area (Å²) in [5.41, 5.74) is 5.89. The van der Waals surface area contributed by atoms with Crippen molar-refractivity contribution in [3.05, 3.63) is 29.8 Å². The van der Waals surface area contributed by atoms with Crippen LogP contribution in [0.25, 0.3) is 0 Å². The maximum Gasteiger partial charge on any atom is 0.251 e. The van der Waals surface area contributed by atoms with Crippen molar-refractivity contribution in [3.8, 4) is 5.75 Å². The van der Waals surface area contributed by atoms with Gasteiger partial charge in [0, 0.05) is 12.1 Å². The van der Waals surface area contributed by atoms with E-state index >= 15 is 0 Å². The zero-order chi connectivity index (χ0) is 11.1. The first-order valence-corrected chi connectivity index (χ1v) is 5.01. The Kier molecular flexibility index (Phi) is 7.33. The summed E-state index contributed by atoms with van der Waals surface area (Å²) in [5.74, 6) is 0.0432. The number of nitrogens with two attached hydrogens (primary N) is 1. The molecule has 0 aliphatic carbocycles. The predicted molar refractivity (Wildman–Crippen MR) is 66.0 cm³/mol. The van der Waals surface area contributed by atoms with Crippen LogP contribution >= 0.6 is 12.4 Å². The third kappa shape index (κ3) is 5.00. The van der Waals surface area contributed by atoms with Crippen molar-refractivity contribution in [2.75, 3.05) is 13.1 Å². The highest BCUT2D eigenvalue weighted by atomic mass is 35.5. The standard InChI is InChI=1S/C11H16N2O2.ClH/c12-7-1-2-8-13-11(15)9-3-5-10(14)6-4-9;/h3-6,14H,1-2,7-8,12H2,(H,13,15);1H. The van der Waals surface area contributed by atoms with Crippen LogP contribution in [0.3, 0.4) is 0 Å². The molecule has 0 unspecified atom stereocenters. The molecule has 4 N–H and O–H groups in total. The number of phenols is 1. The highest BCUT2D eigenvalue weighted by molar-refractivity contribution is 5.94. The van der Waals surface area contributed by atoms with Crippen molar-refractivity contribution in [1.82, 2.24) is 5.32 Å². The summed E-state index contributed by atoms with van der Waals surface area (Å²) in [6.07, 6.45) is 1.80. The molecule has 0 heterocycles. The molecule has 4 nitrogen and oxygen atoms in total. The van der Waals surface area contributed by atoms with Gasteiger partial charge in [0.1, 0.15) is 5.75 Å². The van der Waals surface area contributed by atoms with E-state index in [2.05, 4.69) is 5.32 Å². The average Bonchev–Trinajstić information content (AvgIpc) is 2.25. The van der Waals surface area contributed by atoms with Crippen molar-refractivity contribution in [2.45, 2.75) is 12.8 Å². The van der Waals surface area contributed by atoms with E-state index in [0.717, 1.165) is 12.8 Å². The van der Waals surface area contributed by atoms with Crippen LogP contribution in [0.5, 0.6) is 5.75 Å². The van der Waals surface area contributed by atoms with Crippen LogP contribution in [0.1, 0.15) is 23.2 Å². The Hall–Kier alpha value is -1.26. The third-order valence-electron chi connectivity index (χ3n) is 2.05. The van der Waals surface area contributed by atoms with E-state index in [0.29, 0.717) is 18.7 Å². The first-order chi connectivity index (χ1) is 7.24. The summed E-state index contributed by atoms with van der Waals surface area (Å²) in [4.78, 5) is 11.5. The highest BCUT2D eigenvalue weighted by Gasteiger charge is 2.03. The molecule has 1 aromatic rings. The molecule has 0 atom stereocenters. The molecule has 1 amide bonds. The summed E-state index contributed by atoms with van der Waals surface area (Å²) in [6, 6.07) is 6.17. The number of rotatable bonds is 5. The number of halogens is 1. The second-order valence-corrected chi connectivity index (χ2v) is 3.30. The Balaban J connectivity index is 0.00000225. The summed E-state index contributed by atoms with van der Waals surface area (Å²) >= 11 is 0. The lowest BCUT2D eigenvalue weighted by atomic mass is 10.2. The molecule has 0 bridgehead atoms. The molecule has 90 valence electrons. The van der Waals surface area contributed by atoms with Crippen LogP contribution in [0.4, 0.5) is 0 Å². The minimum absolute atomic E-state index is 0. The fraction of sp³-hybridized carbons (Fsp3) is 0.364. The first kappa shape index (κ1) is 14.7. The van der Waals surface area contributed by atoms with E-state index in [4.69, 9.17) is 10.8 Å². The minimum Gasteiger partial charge on any atom is -0.508 e. The van der Waals surface area contributed by atoms with Crippen LogP contribution in [0, 0.1) is 0 Å². The predicted octanol–water partition coefficient (Wildman–Crippen LogP) is 1.28. The molecular formula is C11H17ClN2O2. The Morgan fingerprint density at radius 1 is 1.25 bits per heavy atom. The van der Waals surface area contributed by atoms with Gasteiger partial charge >= 0.3 is 0 Å². The summed E-state index contributed by atoms with van der Waals surface area (Å²) in [6.45, 7) is 1.28. The Morgan fingerprint density at radius 2 is 1.88 bits per heavy atom. The largest absolute Gasteiger partial charge is 0.508 e. The first-order valence-electron chi connectivity index (χ1n) is 5.01. The number of aromatic hydroxyl groups is 1. The van der Waals surface area contributed by atoms with Crippen molar-refractivity contribution in [3.63, 3.8) is 0 Å². The number of unbranched alkanes of at least 4 members (excludes halogenated alkanes) is 1. The number of carbonyl (C=O) groups is 1. The third-order valence-corrected chi connectivity index (χ3v) is 2.05. The van der Waals surface area contributed by atoms with Crippen LogP contribution in [-0.2, 0) is 0 Å². The smallest absolute Gasteiger partial charge is 0.251 e. The zero-order valence-electron chi connectivity index (χ0n) is 8.98. The summed E-state index contributed by atoms with van der Waals surface area (Å²) in [7, 11) is 0. The molecule has 5 heteroatoms. The van der Waals surface area contributed by atoms with Crippen LogP contribution in [-0.4, -0.2) is 24.1 Å². The van der Waals surface area contributed by atoms with Crippen LogP contribution < -0.4 is 11.1 Å². The van der Waals surface area contributed by atoms with Gasteiger partial charge < -0.3 is 16.2 Å². The molecule has 0 fully saturated rings. The van der Waals surface area contributed by atoms with Gasteiger partial charge in [-0.1, -0.05) is 0 Å². The van der Waals surface area contributed by atoms with E-state index in [9.17, 15) is 4.79 Å². The zero-order valence-corrected chi connectivity index (χ0v) is 9.80. The molecule has 0 aromatic heterocycles. The highest BCUT2D eigenvalue weighted by Crippen LogP contribution is 2.09. The normalized spacial score (nSPS) is 9.31. The van der Waals surface area contributed by atoms with E-state index in [-0.39, 0.29) is 24.1 Å². The number of hydrogen-bond acceptors (Lipinski definition) is 3. The number of amides is 1. The molecule has 0 saturated heterocycles. The number of nitrogens with one attached hydrogen (secondary N) is 1. The fourth-order valence-electron chi connectivity index (χ4n) is 1.19. The topological polar surface area (TPSA) is 75.3 Å². The van der Waals surface area contributed by atoms with Crippen molar-refractivity contribution in [1.29, 1.82) is 0 Å². The summed E-state index contributed by atoms with van der Waals surface area (Å²) in [5, 5.41) is 11.8. The molecule has 1 rings (SSSR count). The second-order valence-electron chi connectivity index (χ2n) is 3.30. The van der Waals surface area contributed by atoms with E-state index in [1.54, 1.807) is 12.1 Å². The number of carbonyl (C=O) groups excluding carboxylic acids is 1.